The Labute approximate surface area is 93.8 Å². The second-order valence-corrected chi connectivity index (χ2v) is 5.96. The Kier molecular flexibility index (Phi) is 2.45. The topological polar surface area (TPSA) is 46.2 Å². The zero-order valence-corrected chi connectivity index (χ0v) is 9.92. The van der Waals surface area contributed by atoms with Crippen LogP contribution in [0.25, 0.3) is 0 Å². The predicted octanol–water partition coefficient (Wildman–Crippen LogP) is 2.47. The van der Waals surface area contributed by atoms with Crippen molar-refractivity contribution in [3.8, 4) is 0 Å². The molecule has 1 heterocycles. The van der Waals surface area contributed by atoms with Gasteiger partial charge in [-0.15, -0.1) is 11.3 Å². The quantitative estimate of drug-likeness (QED) is 0.831. The Morgan fingerprint density at radius 1 is 1.69 bits per heavy atom. The van der Waals surface area contributed by atoms with Crippen molar-refractivity contribution < 1.29 is 5.11 Å². The lowest BCUT2D eigenvalue weighted by Crippen LogP contribution is -2.51. The first kappa shape index (κ1) is 9.93. The van der Waals surface area contributed by atoms with E-state index in [9.17, 15) is 5.11 Å². The number of rotatable bonds is 1. The minimum absolute atomic E-state index is 0.246. The average molecular weight is 283 g/mol. The van der Waals surface area contributed by atoms with Crippen LogP contribution in [0.5, 0.6) is 0 Å². The van der Waals surface area contributed by atoms with Crippen molar-refractivity contribution in [2.45, 2.75) is 24.5 Å². The maximum absolute atomic E-state index is 9.20. The van der Waals surface area contributed by atoms with Crippen LogP contribution in [-0.2, 0) is 5.54 Å². The highest BCUT2D eigenvalue weighted by atomic mass is 79.9. The lowest BCUT2D eigenvalue weighted by Gasteiger charge is -2.41. The van der Waals surface area contributed by atoms with Crippen molar-refractivity contribution >= 4 is 38.9 Å². The Morgan fingerprint density at radius 2 is 2.31 bits per heavy atom. The second-order valence-electron chi connectivity index (χ2n) is 3.45. The van der Waals surface area contributed by atoms with Gasteiger partial charge in [0.1, 0.15) is 4.34 Å². The highest BCUT2D eigenvalue weighted by molar-refractivity contribution is 9.10. The number of thiophene rings is 1. The van der Waals surface area contributed by atoms with Crippen molar-refractivity contribution in [1.82, 2.24) is 0 Å². The molecular weight excluding hydrogens is 274 g/mol. The molecular formula is C8H9BrClNOS. The van der Waals surface area contributed by atoms with E-state index in [-0.39, 0.29) is 11.6 Å². The van der Waals surface area contributed by atoms with Gasteiger partial charge in [0.05, 0.1) is 11.6 Å². The summed E-state index contributed by atoms with van der Waals surface area (Å²) in [7, 11) is 0. The summed E-state index contributed by atoms with van der Waals surface area (Å²) in [6.45, 7) is 0. The molecule has 1 saturated carbocycles. The standard InChI is InChI=1S/C8H9BrClNOS/c9-5-1-6(13-7(5)10)8(11)2-4(12)3-8/h1,4,12H,2-3,11H2. The summed E-state index contributed by atoms with van der Waals surface area (Å²) in [5.41, 5.74) is 5.72. The molecule has 0 bridgehead atoms. The van der Waals surface area contributed by atoms with E-state index >= 15 is 0 Å². The van der Waals surface area contributed by atoms with Crippen LogP contribution in [0.3, 0.4) is 0 Å². The fourth-order valence-electron chi connectivity index (χ4n) is 1.57. The predicted molar refractivity (Wildman–Crippen MR) is 58.1 cm³/mol. The molecule has 0 aromatic carbocycles. The zero-order valence-electron chi connectivity index (χ0n) is 6.76. The van der Waals surface area contributed by atoms with Crippen molar-refractivity contribution in [3.05, 3.63) is 19.8 Å². The van der Waals surface area contributed by atoms with Gasteiger partial charge in [-0.25, -0.2) is 0 Å². The summed E-state index contributed by atoms with van der Waals surface area (Å²) in [6.07, 6.45) is 1.02. The third kappa shape index (κ3) is 1.66. The van der Waals surface area contributed by atoms with Gasteiger partial charge in [0.15, 0.2) is 0 Å². The van der Waals surface area contributed by atoms with Crippen molar-refractivity contribution in [1.29, 1.82) is 0 Å². The van der Waals surface area contributed by atoms with Crippen LogP contribution in [-0.4, -0.2) is 11.2 Å². The number of aliphatic hydroxyl groups is 1. The van der Waals surface area contributed by atoms with Gasteiger partial charge >= 0.3 is 0 Å². The van der Waals surface area contributed by atoms with E-state index in [0.29, 0.717) is 12.8 Å². The normalized spacial score (nSPS) is 33.1. The molecule has 0 atom stereocenters. The molecule has 3 N–H and O–H groups in total. The van der Waals surface area contributed by atoms with E-state index < -0.39 is 0 Å². The largest absolute Gasteiger partial charge is 0.393 e. The molecule has 72 valence electrons. The third-order valence-corrected chi connectivity index (χ3v) is 5.03. The van der Waals surface area contributed by atoms with Gasteiger partial charge in [0.25, 0.3) is 0 Å². The molecule has 0 unspecified atom stereocenters. The summed E-state index contributed by atoms with van der Waals surface area (Å²) < 4.78 is 1.61. The minimum atomic E-state index is -0.347. The molecule has 1 aliphatic carbocycles. The van der Waals surface area contributed by atoms with Gasteiger partial charge in [-0.3, -0.25) is 0 Å². The van der Waals surface area contributed by atoms with Crippen LogP contribution in [0.1, 0.15) is 17.7 Å². The average Bonchev–Trinajstić information content (AvgIpc) is 2.30. The summed E-state index contributed by atoms with van der Waals surface area (Å²) in [6, 6.07) is 1.94. The van der Waals surface area contributed by atoms with Crippen molar-refractivity contribution in [2.75, 3.05) is 0 Å². The lowest BCUT2D eigenvalue weighted by atomic mass is 9.74. The third-order valence-electron chi connectivity index (χ3n) is 2.34. The van der Waals surface area contributed by atoms with Gasteiger partial charge in [-0.05, 0) is 34.8 Å². The molecule has 1 aromatic rings. The van der Waals surface area contributed by atoms with Gasteiger partial charge in [0, 0.05) is 9.35 Å². The van der Waals surface area contributed by atoms with Crippen LogP contribution >= 0.6 is 38.9 Å². The smallest absolute Gasteiger partial charge is 0.107 e. The molecule has 1 aliphatic rings. The Balaban J connectivity index is 2.26. The Bertz CT molecular complexity index is 315. The molecule has 0 aliphatic heterocycles. The number of halogens is 2. The summed E-state index contributed by atoms with van der Waals surface area (Å²) in [4.78, 5) is 1.05. The first-order chi connectivity index (χ1) is 6.01. The molecule has 13 heavy (non-hydrogen) atoms. The molecule has 2 rings (SSSR count). The molecule has 0 amide bonds. The van der Waals surface area contributed by atoms with E-state index in [0.717, 1.165) is 13.7 Å². The number of nitrogens with two attached hydrogens (primary N) is 1. The maximum Gasteiger partial charge on any atom is 0.107 e. The van der Waals surface area contributed by atoms with Gasteiger partial charge in [-0.1, -0.05) is 11.6 Å². The second kappa shape index (κ2) is 3.21. The van der Waals surface area contributed by atoms with Gasteiger partial charge in [0.2, 0.25) is 0 Å². The van der Waals surface area contributed by atoms with Crippen LogP contribution in [0.4, 0.5) is 0 Å². The fraction of sp³-hybridized carbons (Fsp3) is 0.500. The molecule has 0 saturated heterocycles. The molecule has 1 fully saturated rings. The summed E-state index contributed by atoms with van der Waals surface area (Å²) in [5, 5.41) is 9.20. The zero-order chi connectivity index (χ0) is 9.64. The summed E-state index contributed by atoms with van der Waals surface area (Å²) in [5.74, 6) is 0. The Hall–Kier alpha value is 0.390. The summed E-state index contributed by atoms with van der Waals surface area (Å²) >= 11 is 10.7. The van der Waals surface area contributed by atoms with Gasteiger partial charge < -0.3 is 10.8 Å². The number of hydrogen-bond donors (Lipinski definition) is 2. The maximum atomic E-state index is 9.20. The molecule has 0 radical (unpaired) electrons. The van der Waals surface area contributed by atoms with Crippen LogP contribution < -0.4 is 5.73 Å². The monoisotopic (exact) mass is 281 g/mol. The molecule has 1 aromatic heterocycles. The van der Waals surface area contributed by atoms with E-state index in [1.54, 1.807) is 0 Å². The highest BCUT2D eigenvalue weighted by Crippen LogP contribution is 2.45. The van der Waals surface area contributed by atoms with Crippen molar-refractivity contribution in [3.63, 3.8) is 0 Å². The van der Waals surface area contributed by atoms with E-state index in [1.807, 2.05) is 6.07 Å². The lowest BCUT2D eigenvalue weighted by molar-refractivity contribution is 0.0227. The fourth-order valence-corrected chi connectivity index (χ4v) is 3.40. The van der Waals surface area contributed by atoms with Gasteiger partial charge in [-0.2, -0.15) is 0 Å². The Morgan fingerprint density at radius 3 is 2.69 bits per heavy atom. The molecule has 5 heteroatoms. The first-order valence-corrected chi connectivity index (χ1v) is 5.92. The SMILES string of the molecule is NC1(c2cc(Br)c(Cl)s2)CC(O)C1. The van der Waals surface area contributed by atoms with E-state index in [1.165, 1.54) is 11.3 Å². The van der Waals surface area contributed by atoms with Crippen molar-refractivity contribution in [2.24, 2.45) is 5.73 Å². The minimum Gasteiger partial charge on any atom is -0.393 e. The van der Waals surface area contributed by atoms with Crippen LogP contribution in [0, 0.1) is 0 Å². The number of aliphatic hydroxyl groups excluding tert-OH is 1. The highest BCUT2D eigenvalue weighted by Gasteiger charge is 2.42. The first-order valence-electron chi connectivity index (χ1n) is 3.93. The number of hydrogen-bond acceptors (Lipinski definition) is 3. The molecule has 0 spiro atoms. The van der Waals surface area contributed by atoms with Crippen LogP contribution in [0.15, 0.2) is 10.5 Å². The molecule has 2 nitrogen and oxygen atoms in total. The van der Waals surface area contributed by atoms with E-state index in [2.05, 4.69) is 15.9 Å². The van der Waals surface area contributed by atoms with E-state index in [4.69, 9.17) is 17.3 Å². The van der Waals surface area contributed by atoms with Crippen LogP contribution in [0.2, 0.25) is 4.34 Å².